The van der Waals surface area contributed by atoms with E-state index in [0.29, 0.717) is 12.1 Å². The Morgan fingerprint density at radius 2 is 1.35 bits per heavy atom. The first-order chi connectivity index (χ1) is 9.86. The van der Waals surface area contributed by atoms with Crippen LogP contribution in [-0.4, -0.2) is 19.3 Å². The van der Waals surface area contributed by atoms with E-state index in [1.807, 2.05) is 0 Å². The molecule has 112 valence electrons. The molecule has 0 aromatic heterocycles. The van der Waals surface area contributed by atoms with Crippen molar-refractivity contribution in [3.63, 3.8) is 0 Å². The lowest BCUT2D eigenvalue weighted by Gasteiger charge is -2.41. The van der Waals surface area contributed by atoms with Gasteiger partial charge in [-0.15, -0.1) is 0 Å². The second-order valence-corrected chi connectivity index (χ2v) is 7.19. The number of nitrogens with zero attached hydrogens (tertiary/aromatic N) is 1. The zero-order valence-corrected chi connectivity index (χ0v) is 12.6. The molecule has 3 heteroatoms. The third-order valence-electron chi connectivity index (χ3n) is 5.94. The SMILES string of the molecule is N#CC1CCC(C2NCC(C3CCCCC3)CN2)CC1. The van der Waals surface area contributed by atoms with Crippen LogP contribution in [0.15, 0.2) is 0 Å². The molecule has 0 atom stereocenters. The van der Waals surface area contributed by atoms with Crippen molar-refractivity contribution in [3.8, 4) is 6.07 Å². The van der Waals surface area contributed by atoms with Gasteiger partial charge in [0.15, 0.2) is 0 Å². The van der Waals surface area contributed by atoms with Gasteiger partial charge in [-0.2, -0.15) is 5.26 Å². The minimum absolute atomic E-state index is 0.324. The molecule has 0 aromatic rings. The van der Waals surface area contributed by atoms with Crippen LogP contribution in [-0.2, 0) is 0 Å². The molecule has 2 saturated carbocycles. The molecule has 0 amide bonds. The summed E-state index contributed by atoms with van der Waals surface area (Å²) < 4.78 is 0. The summed E-state index contributed by atoms with van der Waals surface area (Å²) in [7, 11) is 0. The molecule has 0 aromatic carbocycles. The summed E-state index contributed by atoms with van der Waals surface area (Å²) in [6.07, 6.45) is 12.4. The smallest absolute Gasteiger partial charge is 0.0655 e. The number of rotatable bonds is 2. The minimum Gasteiger partial charge on any atom is -0.301 e. The molecule has 1 heterocycles. The third kappa shape index (κ3) is 3.35. The van der Waals surface area contributed by atoms with Gasteiger partial charge in [-0.3, -0.25) is 0 Å². The summed E-state index contributed by atoms with van der Waals surface area (Å²) >= 11 is 0. The highest BCUT2D eigenvalue weighted by atomic mass is 15.2. The van der Waals surface area contributed by atoms with Crippen LogP contribution in [0.1, 0.15) is 57.8 Å². The van der Waals surface area contributed by atoms with E-state index in [4.69, 9.17) is 5.26 Å². The van der Waals surface area contributed by atoms with E-state index in [2.05, 4.69) is 16.7 Å². The topological polar surface area (TPSA) is 47.9 Å². The van der Waals surface area contributed by atoms with Crippen LogP contribution in [0.5, 0.6) is 0 Å². The van der Waals surface area contributed by atoms with Crippen molar-refractivity contribution in [1.82, 2.24) is 10.6 Å². The van der Waals surface area contributed by atoms with Crippen LogP contribution < -0.4 is 10.6 Å². The molecule has 20 heavy (non-hydrogen) atoms. The van der Waals surface area contributed by atoms with Crippen LogP contribution in [0.4, 0.5) is 0 Å². The maximum Gasteiger partial charge on any atom is 0.0655 e. The Bertz CT molecular complexity index is 327. The Hall–Kier alpha value is -0.590. The highest BCUT2D eigenvalue weighted by Gasteiger charge is 2.32. The van der Waals surface area contributed by atoms with Gasteiger partial charge in [0, 0.05) is 19.0 Å². The van der Waals surface area contributed by atoms with Crippen LogP contribution in [0.25, 0.3) is 0 Å². The molecule has 3 aliphatic rings. The average Bonchev–Trinajstić information content (AvgIpc) is 2.56. The Labute approximate surface area is 123 Å². The van der Waals surface area contributed by atoms with Gasteiger partial charge in [-0.05, 0) is 43.4 Å². The molecular weight excluding hydrogens is 246 g/mol. The Balaban J connectivity index is 1.43. The van der Waals surface area contributed by atoms with Crippen molar-refractivity contribution in [2.75, 3.05) is 13.1 Å². The molecule has 0 spiro atoms. The predicted molar refractivity (Wildman–Crippen MR) is 80.9 cm³/mol. The highest BCUT2D eigenvalue weighted by molar-refractivity contribution is 4.92. The summed E-state index contributed by atoms with van der Waals surface area (Å²) in [6.45, 7) is 2.42. The van der Waals surface area contributed by atoms with Crippen LogP contribution in [0.3, 0.4) is 0 Å². The van der Waals surface area contributed by atoms with Crippen molar-refractivity contribution in [1.29, 1.82) is 5.26 Å². The molecule has 1 saturated heterocycles. The first kappa shape index (κ1) is 14.4. The van der Waals surface area contributed by atoms with Gasteiger partial charge in [-0.1, -0.05) is 32.1 Å². The molecular formula is C17H29N3. The van der Waals surface area contributed by atoms with E-state index in [9.17, 15) is 0 Å². The fourth-order valence-electron chi connectivity index (χ4n) is 4.55. The predicted octanol–water partition coefficient (Wildman–Crippen LogP) is 3.03. The lowest BCUT2D eigenvalue weighted by Crippen LogP contribution is -2.58. The van der Waals surface area contributed by atoms with Gasteiger partial charge in [0.1, 0.15) is 0 Å². The van der Waals surface area contributed by atoms with Crippen molar-refractivity contribution in [3.05, 3.63) is 0 Å². The van der Waals surface area contributed by atoms with Gasteiger partial charge in [0.25, 0.3) is 0 Å². The largest absolute Gasteiger partial charge is 0.301 e. The third-order valence-corrected chi connectivity index (χ3v) is 5.94. The number of hydrogen-bond donors (Lipinski definition) is 2. The normalized spacial score (nSPS) is 40.1. The number of nitriles is 1. The summed E-state index contributed by atoms with van der Waals surface area (Å²) in [5.41, 5.74) is 0. The lowest BCUT2D eigenvalue weighted by atomic mass is 9.77. The average molecular weight is 275 g/mol. The monoisotopic (exact) mass is 275 g/mol. The maximum absolute atomic E-state index is 8.99. The number of nitrogens with one attached hydrogen (secondary N) is 2. The van der Waals surface area contributed by atoms with Crippen LogP contribution >= 0.6 is 0 Å². The molecule has 2 N–H and O–H groups in total. The Morgan fingerprint density at radius 1 is 0.700 bits per heavy atom. The zero-order chi connectivity index (χ0) is 13.8. The summed E-state index contributed by atoms with van der Waals surface area (Å²) in [5, 5.41) is 16.5. The first-order valence-electron chi connectivity index (χ1n) is 8.73. The van der Waals surface area contributed by atoms with Gasteiger partial charge in [0.2, 0.25) is 0 Å². The zero-order valence-electron chi connectivity index (χ0n) is 12.6. The van der Waals surface area contributed by atoms with E-state index < -0.39 is 0 Å². The Kier molecular flexibility index (Phi) is 4.96. The van der Waals surface area contributed by atoms with Gasteiger partial charge in [-0.25, -0.2) is 0 Å². The standard InChI is InChI=1S/C17H29N3/c18-10-13-6-8-15(9-7-13)17-19-11-16(12-20-17)14-4-2-1-3-5-14/h13-17,19-20H,1-9,11-12H2. The minimum atomic E-state index is 0.324. The molecule has 3 fully saturated rings. The first-order valence-corrected chi connectivity index (χ1v) is 8.73. The van der Waals surface area contributed by atoms with Gasteiger partial charge < -0.3 is 10.6 Å². The van der Waals surface area contributed by atoms with Crippen molar-refractivity contribution in [2.24, 2.45) is 23.7 Å². The van der Waals surface area contributed by atoms with Crippen LogP contribution in [0, 0.1) is 35.0 Å². The molecule has 0 bridgehead atoms. The summed E-state index contributed by atoms with van der Waals surface area (Å²) in [4.78, 5) is 0. The molecule has 3 rings (SSSR count). The highest BCUT2D eigenvalue weighted by Crippen LogP contribution is 2.33. The van der Waals surface area contributed by atoms with Gasteiger partial charge in [0.05, 0.1) is 12.2 Å². The second kappa shape index (κ2) is 6.91. The molecule has 0 unspecified atom stereocenters. The van der Waals surface area contributed by atoms with Gasteiger partial charge >= 0.3 is 0 Å². The molecule has 2 aliphatic carbocycles. The lowest BCUT2D eigenvalue weighted by molar-refractivity contribution is 0.138. The fourth-order valence-corrected chi connectivity index (χ4v) is 4.55. The fraction of sp³-hybridized carbons (Fsp3) is 0.941. The Morgan fingerprint density at radius 3 is 1.95 bits per heavy atom. The van der Waals surface area contributed by atoms with E-state index in [1.165, 1.54) is 58.0 Å². The van der Waals surface area contributed by atoms with E-state index in [-0.39, 0.29) is 0 Å². The van der Waals surface area contributed by atoms with E-state index >= 15 is 0 Å². The number of hydrogen-bond acceptors (Lipinski definition) is 3. The quantitative estimate of drug-likeness (QED) is 0.814. The van der Waals surface area contributed by atoms with E-state index in [0.717, 1.165) is 30.6 Å². The van der Waals surface area contributed by atoms with Crippen molar-refractivity contribution >= 4 is 0 Å². The van der Waals surface area contributed by atoms with Crippen LogP contribution in [0.2, 0.25) is 0 Å². The molecule has 1 aliphatic heterocycles. The molecule has 0 radical (unpaired) electrons. The van der Waals surface area contributed by atoms with Crippen molar-refractivity contribution in [2.45, 2.75) is 64.0 Å². The maximum atomic E-state index is 8.99. The van der Waals surface area contributed by atoms with E-state index in [1.54, 1.807) is 0 Å². The summed E-state index contributed by atoms with van der Waals surface area (Å²) in [6, 6.07) is 2.44. The van der Waals surface area contributed by atoms with Crippen molar-refractivity contribution < 1.29 is 0 Å². The second-order valence-electron chi connectivity index (χ2n) is 7.19. The molecule has 3 nitrogen and oxygen atoms in total. The summed E-state index contributed by atoms with van der Waals surface area (Å²) in [5.74, 6) is 2.87.